The summed E-state index contributed by atoms with van der Waals surface area (Å²) in [7, 11) is 0. The summed E-state index contributed by atoms with van der Waals surface area (Å²) in [5.41, 5.74) is 1.02. The fourth-order valence-electron chi connectivity index (χ4n) is 1.26. The Morgan fingerprint density at radius 3 is 2.32 bits per heavy atom. The quantitative estimate of drug-likeness (QED) is 0.429. The van der Waals surface area contributed by atoms with E-state index in [2.05, 4.69) is 11.3 Å². The first-order chi connectivity index (χ1) is 9.22. The Hall–Kier alpha value is -2.36. The van der Waals surface area contributed by atoms with Crippen molar-refractivity contribution in [2.75, 3.05) is 13.2 Å². The van der Waals surface area contributed by atoms with E-state index in [0.29, 0.717) is 0 Å². The van der Waals surface area contributed by atoms with Gasteiger partial charge in [0.1, 0.15) is 19.6 Å². The van der Waals surface area contributed by atoms with Gasteiger partial charge < -0.3 is 9.47 Å². The second-order valence-corrected chi connectivity index (χ2v) is 3.64. The van der Waals surface area contributed by atoms with Gasteiger partial charge >= 0.3 is 11.9 Å². The fraction of sp³-hybridized carbons (Fsp3) is 0.200. The van der Waals surface area contributed by atoms with Crippen molar-refractivity contribution >= 4 is 18.0 Å². The standard InChI is InChI=1S/C15H16O4/c1-2-10-18-14(16)12-15(17)19-11-6-9-13-7-4-3-5-8-13/h2-9H,1,10-12H2/b9-6+. The first kappa shape index (κ1) is 14.7. The van der Waals surface area contributed by atoms with Crippen LogP contribution < -0.4 is 0 Å². The van der Waals surface area contributed by atoms with Gasteiger partial charge in [0.25, 0.3) is 0 Å². The molecular weight excluding hydrogens is 244 g/mol. The predicted octanol–water partition coefficient (Wildman–Crippen LogP) is 2.36. The zero-order valence-corrected chi connectivity index (χ0v) is 10.6. The second kappa shape index (κ2) is 8.69. The molecule has 0 spiro atoms. The van der Waals surface area contributed by atoms with Gasteiger partial charge in [0.15, 0.2) is 0 Å². The van der Waals surface area contributed by atoms with Gasteiger partial charge in [0, 0.05) is 0 Å². The average Bonchev–Trinajstić information content (AvgIpc) is 2.42. The van der Waals surface area contributed by atoms with E-state index in [1.54, 1.807) is 6.08 Å². The second-order valence-electron chi connectivity index (χ2n) is 3.64. The average molecular weight is 260 g/mol. The lowest BCUT2D eigenvalue weighted by molar-refractivity contribution is -0.153. The molecule has 0 unspecified atom stereocenters. The Morgan fingerprint density at radius 2 is 1.68 bits per heavy atom. The highest BCUT2D eigenvalue weighted by atomic mass is 16.6. The van der Waals surface area contributed by atoms with Crippen molar-refractivity contribution in [2.45, 2.75) is 6.42 Å². The summed E-state index contributed by atoms with van der Waals surface area (Å²) < 4.78 is 9.52. The minimum atomic E-state index is -0.614. The van der Waals surface area contributed by atoms with Crippen molar-refractivity contribution in [1.29, 1.82) is 0 Å². The third kappa shape index (κ3) is 6.83. The van der Waals surface area contributed by atoms with E-state index in [1.807, 2.05) is 36.4 Å². The summed E-state index contributed by atoms with van der Waals surface area (Å²) in [5.74, 6) is -1.22. The molecule has 0 bridgehead atoms. The molecule has 0 atom stereocenters. The molecule has 0 aliphatic heterocycles. The summed E-state index contributed by atoms with van der Waals surface area (Å²) >= 11 is 0. The Labute approximate surface area is 112 Å². The Balaban J connectivity index is 2.22. The highest BCUT2D eigenvalue weighted by Gasteiger charge is 2.10. The molecule has 1 aromatic carbocycles. The van der Waals surface area contributed by atoms with Crippen LogP contribution in [0.1, 0.15) is 12.0 Å². The zero-order chi connectivity index (χ0) is 13.9. The Kier molecular flexibility index (Phi) is 6.72. The number of hydrogen-bond donors (Lipinski definition) is 0. The molecule has 0 aliphatic rings. The monoisotopic (exact) mass is 260 g/mol. The molecule has 4 heteroatoms. The van der Waals surface area contributed by atoms with Gasteiger partial charge in [-0.05, 0) is 11.6 Å². The van der Waals surface area contributed by atoms with E-state index in [0.717, 1.165) is 5.56 Å². The van der Waals surface area contributed by atoms with Gasteiger partial charge in [0.2, 0.25) is 0 Å². The van der Waals surface area contributed by atoms with E-state index >= 15 is 0 Å². The van der Waals surface area contributed by atoms with Crippen LogP contribution in [-0.4, -0.2) is 25.2 Å². The number of carbonyl (C=O) groups excluding carboxylic acids is 2. The van der Waals surface area contributed by atoms with Crippen LogP contribution in [0.3, 0.4) is 0 Å². The smallest absolute Gasteiger partial charge is 0.317 e. The van der Waals surface area contributed by atoms with Gasteiger partial charge in [-0.25, -0.2) is 0 Å². The van der Waals surface area contributed by atoms with Crippen LogP contribution in [0, 0.1) is 0 Å². The minimum Gasteiger partial charge on any atom is -0.461 e. The summed E-state index contributed by atoms with van der Waals surface area (Å²) in [6.45, 7) is 3.62. The number of rotatable bonds is 7. The zero-order valence-electron chi connectivity index (χ0n) is 10.6. The van der Waals surface area contributed by atoms with E-state index in [-0.39, 0.29) is 19.6 Å². The lowest BCUT2D eigenvalue weighted by Gasteiger charge is -2.02. The topological polar surface area (TPSA) is 52.6 Å². The highest BCUT2D eigenvalue weighted by Crippen LogP contribution is 2.01. The van der Waals surface area contributed by atoms with Crippen LogP contribution in [0.2, 0.25) is 0 Å². The summed E-state index contributed by atoms with van der Waals surface area (Å²) in [6, 6.07) is 9.63. The molecule has 1 aromatic rings. The van der Waals surface area contributed by atoms with Crippen LogP contribution in [0.5, 0.6) is 0 Å². The lowest BCUT2D eigenvalue weighted by Crippen LogP contribution is -2.13. The molecule has 0 heterocycles. The molecule has 0 fully saturated rings. The molecule has 0 radical (unpaired) electrons. The molecule has 0 aromatic heterocycles. The van der Waals surface area contributed by atoms with Crippen LogP contribution in [0.4, 0.5) is 0 Å². The maximum Gasteiger partial charge on any atom is 0.317 e. The van der Waals surface area contributed by atoms with Gasteiger partial charge in [0.05, 0.1) is 0 Å². The SMILES string of the molecule is C=CCOC(=O)CC(=O)OC/C=C/c1ccccc1. The van der Waals surface area contributed by atoms with Gasteiger partial charge in [-0.2, -0.15) is 0 Å². The normalized spacial score (nSPS) is 10.1. The number of carbonyl (C=O) groups is 2. The van der Waals surface area contributed by atoms with Gasteiger partial charge in [-0.3, -0.25) is 9.59 Å². The van der Waals surface area contributed by atoms with Crippen molar-refractivity contribution in [3.05, 3.63) is 54.6 Å². The highest BCUT2D eigenvalue weighted by molar-refractivity contribution is 5.91. The van der Waals surface area contributed by atoms with E-state index < -0.39 is 11.9 Å². The lowest BCUT2D eigenvalue weighted by atomic mass is 10.2. The molecule has 0 saturated heterocycles. The van der Waals surface area contributed by atoms with Crippen molar-refractivity contribution in [2.24, 2.45) is 0 Å². The predicted molar refractivity (Wildman–Crippen MR) is 72.2 cm³/mol. The Bertz CT molecular complexity index is 448. The molecule has 19 heavy (non-hydrogen) atoms. The van der Waals surface area contributed by atoms with E-state index in [1.165, 1.54) is 6.08 Å². The fourth-order valence-corrected chi connectivity index (χ4v) is 1.26. The molecule has 0 amide bonds. The number of esters is 2. The largest absolute Gasteiger partial charge is 0.461 e. The molecular formula is C15H16O4. The van der Waals surface area contributed by atoms with Crippen LogP contribution in [0.15, 0.2) is 49.1 Å². The van der Waals surface area contributed by atoms with Gasteiger partial charge in [-0.1, -0.05) is 49.1 Å². The molecule has 4 nitrogen and oxygen atoms in total. The summed E-state index contributed by atoms with van der Waals surface area (Å²) in [5, 5.41) is 0. The maximum absolute atomic E-state index is 11.2. The molecule has 0 aliphatic carbocycles. The van der Waals surface area contributed by atoms with Crippen LogP contribution in [-0.2, 0) is 19.1 Å². The van der Waals surface area contributed by atoms with Crippen molar-refractivity contribution in [1.82, 2.24) is 0 Å². The van der Waals surface area contributed by atoms with E-state index in [9.17, 15) is 9.59 Å². The summed E-state index contributed by atoms with van der Waals surface area (Å²) in [6.07, 6.45) is 4.60. The third-order valence-corrected chi connectivity index (χ3v) is 2.10. The van der Waals surface area contributed by atoms with Crippen molar-refractivity contribution in [3.8, 4) is 0 Å². The number of benzene rings is 1. The molecule has 0 N–H and O–H groups in total. The molecule has 1 rings (SSSR count). The number of hydrogen-bond acceptors (Lipinski definition) is 4. The first-order valence-electron chi connectivity index (χ1n) is 5.86. The molecule has 100 valence electrons. The third-order valence-electron chi connectivity index (χ3n) is 2.10. The van der Waals surface area contributed by atoms with Crippen molar-refractivity contribution < 1.29 is 19.1 Å². The maximum atomic E-state index is 11.2. The van der Waals surface area contributed by atoms with Crippen LogP contribution in [0.25, 0.3) is 6.08 Å². The first-order valence-corrected chi connectivity index (χ1v) is 5.86. The van der Waals surface area contributed by atoms with Crippen LogP contribution >= 0.6 is 0 Å². The minimum absolute atomic E-state index is 0.0972. The van der Waals surface area contributed by atoms with E-state index in [4.69, 9.17) is 4.74 Å². The molecule has 0 saturated carbocycles. The Morgan fingerprint density at radius 1 is 1.05 bits per heavy atom. The van der Waals surface area contributed by atoms with Crippen molar-refractivity contribution in [3.63, 3.8) is 0 Å². The number of ether oxygens (including phenoxy) is 2. The summed E-state index contributed by atoms with van der Waals surface area (Å²) in [4.78, 5) is 22.3. The van der Waals surface area contributed by atoms with Gasteiger partial charge in [-0.15, -0.1) is 0 Å².